The molecule has 0 fully saturated rings. The minimum absolute atomic E-state index is 0.607. The number of rotatable bonds is 12. The SMILES string of the molecule is CCCCCCCCCCCNC(=S)Nc1cc(Cl)ccc1OC. The molecule has 0 radical (unpaired) electrons. The van der Waals surface area contributed by atoms with E-state index in [0.29, 0.717) is 10.1 Å². The van der Waals surface area contributed by atoms with Gasteiger partial charge in [-0.2, -0.15) is 0 Å². The van der Waals surface area contributed by atoms with Crippen molar-refractivity contribution in [1.82, 2.24) is 5.32 Å². The van der Waals surface area contributed by atoms with Crippen LogP contribution < -0.4 is 15.4 Å². The van der Waals surface area contributed by atoms with E-state index in [1.54, 1.807) is 13.2 Å². The number of hydrogen-bond acceptors (Lipinski definition) is 2. The third kappa shape index (κ3) is 9.33. The molecule has 0 spiro atoms. The molecule has 0 aliphatic rings. The summed E-state index contributed by atoms with van der Waals surface area (Å²) in [5.74, 6) is 0.728. The molecular weight excluding hydrogens is 340 g/mol. The molecule has 0 saturated heterocycles. The van der Waals surface area contributed by atoms with Crippen molar-refractivity contribution in [1.29, 1.82) is 0 Å². The minimum Gasteiger partial charge on any atom is -0.495 e. The van der Waals surface area contributed by atoms with E-state index < -0.39 is 0 Å². The molecule has 5 heteroatoms. The van der Waals surface area contributed by atoms with Crippen LogP contribution in [0.4, 0.5) is 5.69 Å². The fourth-order valence-corrected chi connectivity index (χ4v) is 2.97. The first-order chi connectivity index (χ1) is 11.7. The van der Waals surface area contributed by atoms with E-state index in [2.05, 4.69) is 17.6 Å². The molecule has 0 saturated carbocycles. The highest BCUT2D eigenvalue weighted by atomic mass is 35.5. The topological polar surface area (TPSA) is 33.3 Å². The van der Waals surface area contributed by atoms with Crippen LogP contribution in [-0.2, 0) is 0 Å². The van der Waals surface area contributed by atoms with Gasteiger partial charge in [-0.25, -0.2) is 0 Å². The van der Waals surface area contributed by atoms with E-state index in [-0.39, 0.29) is 0 Å². The van der Waals surface area contributed by atoms with Crippen LogP contribution in [-0.4, -0.2) is 18.8 Å². The van der Waals surface area contributed by atoms with Crippen molar-refractivity contribution in [3.8, 4) is 5.75 Å². The second-order valence-corrected chi connectivity index (χ2v) is 6.90. The third-order valence-electron chi connectivity index (χ3n) is 3.98. The minimum atomic E-state index is 0.607. The number of hydrogen-bond donors (Lipinski definition) is 2. The molecule has 0 unspecified atom stereocenters. The second-order valence-electron chi connectivity index (χ2n) is 6.05. The molecule has 0 aliphatic carbocycles. The lowest BCUT2D eigenvalue weighted by Crippen LogP contribution is -2.29. The van der Waals surface area contributed by atoms with Gasteiger partial charge in [-0.05, 0) is 36.8 Å². The maximum Gasteiger partial charge on any atom is 0.170 e. The van der Waals surface area contributed by atoms with Crippen molar-refractivity contribution in [3.05, 3.63) is 23.2 Å². The summed E-state index contributed by atoms with van der Waals surface area (Å²) in [6.45, 7) is 3.15. The van der Waals surface area contributed by atoms with Gasteiger partial charge in [0.1, 0.15) is 5.75 Å². The molecule has 136 valence electrons. The van der Waals surface area contributed by atoms with Gasteiger partial charge in [0.2, 0.25) is 0 Å². The Morgan fingerprint density at radius 1 is 1.04 bits per heavy atom. The van der Waals surface area contributed by atoms with Crippen molar-refractivity contribution < 1.29 is 4.74 Å². The van der Waals surface area contributed by atoms with E-state index >= 15 is 0 Å². The Balaban J connectivity index is 2.09. The molecule has 3 nitrogen and oxygen atoms in total. The zero-order valence-electron chi connectivity index (χ0n) is 15.0. The molecule has 24 heavy (non-hydrogen) atoms. The molecule has 0 bridgehead atoms. The van der Waals surface area contributed by atoms with Crippen LogP contribution in [0.2, 0.25) is 5.02 Å². The Kier molecular flexibility index (Phi) is 11.7. The van der Waals surface area contributed by atoms with E-state index in [1.807, 2.05) is 12.1 Å². The Labute approximate surface area is 157 Å². The largest absolute Gasteiger partial charge is 0.495 e. The summed E-state index contributed by atoms with van der Waals surface area (Å²) in [6.07, 6.45) is 11.9. The lowest BCUT2D eigenvalue weighted by molar-refractivity contribution is 0.417. The van der Waals surface area contributed by atoms with Crippen molar-refractivity contribution in [2.75, 3.05) is 19.0 Å². The van der Waals surface area contributed by atoms with E-state index in [4.69, 9.17) is 28.6 Å². The van der Waals surface area contributed by atoms with E-state index in [1.165, 1.54) is 51.4 Å². The standard InChI is InChI=1S/C19H31ClN2OS/c1-3-4-5-6-7-8-9-10-11-14-21-19(24)22-17-15-16(20)12-13-18(17)23-2/h12-13,15H,3-11,14H2,1-2H3,(H2,21,22,24). The van der Waals surface area contributed by atoms with Crippen molar-refractivity contribution >= 4 is 34.6 Å². The number of thiocarbonyl (C=S) groups is 1. The summed E-state index contributed by atoms with van der Waals surface area (Å²) in [6, 6.07) is 5.44. The Bertz CT molecular complexity index is 482. The molecule has 0 aromatic heterocycles. The van der Waals surface area contributed by atoms with Gasteiger partial charge < -0.3 is 15.4 Å². The fourth-order valence-electron chi connectivity index (χ4n) is 2.58. The number of benzene rings is 1. The first kappa shape index (κ1) is 21.0. The highest BCUT2D eigenvalue weighted by Gasteiger charge is 2.05. The van der Waals surface area contributed by atoms with Crippen LogP contribution >= 0.6 is 23.8 Å². The van der Waals surface area contributed by atoms with Crippen LogP contribution in [0, 0.1) is 0 Å². The maximum absolute atomic E-state index is 6.01. The van der Waals surface area contributed by atoms with E-state index in [0.717, 1.165) is 24.4 Å². The molecule has 0 heterocycles. The summed E-state index contributed by atoms with van der Waals surface area (Å²) in [5, 5.41) is 7.65. The molecule has 0 atom stereocenters. The molecule has 1 aromatic carbocycles. The second kappa shape index (κ2) is 13.3. The number of nitrogens with one attached hydrogen (secondary N) is 2. The highest BCUT2D eigenvalue weighted by Crippen LogP contribution is 2.27. The highest BCUT2D eigenvalue weighted by molar-refractivity contribution is 7.80. The zero-order chi connectivity index (χ0) is 17.6. The first-order valence-corrected chi connectivity index (χ1v) is 9.84. The summed E-state index contributed by atoms with van der Waals surface area (Å²) in [7, 11) is 1.63. The maximum atomic E-state index is 6.01. The predicted molar refractivity (Wildman–Crippen MR) is 109 cm³/mol. The molecule has 1 rings (SSSR count). The van der Waals surface area contributed by atoms with Crippen LogP contribution in [0.3, 0.4) is 0 Å². The van der Waals surface area contributed by atoms with Gasteiger partial charge in [-0.1, -0.05) is 69.9 Å². The average Bonchev–Trinajstić information content (AvgIpc) is 2.57. The molecule has 0 amide bonds. The lowest BCUT2D eigenvalue weighted by atomic mass is 10.1. The van der Waals surface area contributed by atoms with Gasteiger partial charge in [0.15, 0.2) is 5.11 Å². The smallest absolute Gasteiger partial charge is 0.170 e. The van der Waals surface area contributed by atoms with Gasteiger partial charge in [0.25, 0.3) is 0 Å². The third-order valence-corrected chi connectivity index (χ3v) is 4.46. The van der Waals surface area contributed by atoms with Gasteiger partial charge >= 0.3 is 0 Å². The number of methoxy groups -OCH3 is 1. The van der Waals surface area contributed by atoms with Crippen LogP contribution in [0.25, 0.3) is 0 Å². The molecule has 0 aliphatic heterocycles. The van der Waals surface area contributed by atoms with Crippen LogP contribution in [0.5, 0.6) is 5.75 Å². The lowest BCUT2D eigenvalue weighted by Gasteiger charge is -2.13. The van der Waals surface area contributed by atoms with Gasteiger partial charge in [-0.15, -0.1) is 0 Å². The van der Waals surface area contributed by atoms with Crippen molar-refractivity contribution in [3.63, 3.8) is 0 Å². The zero-order valence-corrected chi connectivity index (χ0v) is 16.6. The first-order valence-electron chi connectivity index (χ1n) is 9.05. The molecule has 1 aromatic rings. The normalized spacial score (nSPS) is 10.5. The summed E-state index contributed by atoms with van der Waals surface area (Å²) < 4.78 is 5.30. The predicted octanol–water partition coefficient (Wildman–Crippen LogP) is 6.17. The average molecular weight is 371 g/mol. The number of anilines is 1. The van der Waals surface area contributed by atoms with Gasteiger partial charge in [0, 0.05) is 11.6 Å². The van der Waals surface area contributed by atoms with Crippen LogP contribution in [0.15, 0.2) is 18.2 Å². The summed E-state index contributed by atoms with van der Waals surface area (Å²) in [5.41, 5.74) is 0.787. The fraction of sp³-hybridized carbons (Fsp3) is 0.632. The number of halogens is 1. The van der Waals surface area contributed by atoms with Crippen molar-refractivity contribution in [2.24, 2.45) is 0 Å². The molecule has 2 N–H and O–H groups in total. The van der Waals surface area contributed by atoms with Crippen LogP contribution in [0.1, 0.15) is 64.7 Å². The Morgan fingerprint density at radius 3 is 2.29 bits per heavy atom. The Morgan fingerprint density at radius 2 is 1.67 bits per heavy atom. The van der Waals surface area contributed by atoms with E-state index in [9.17, 15) is 0 Å². The summed E-state index contributed by atoms with van der Waals surface area (Å²) in [4.78, 5) is 0. The van der Waals surface area contributed by atoms with Gasteiger partial charge in [0.05, 0.1) is 12.8 Å². The number of unbranched alkanes of at least 4 members (excludes halogenated alkanes) is 8. The van der Waals surface area contributed by atoms with Gasteiger partial charge in [-0.3, -0.25) is 0 Å². The Hall–Kier alpha value is -1.00. The van der Waals surface area contributed by atoms with Crippen molar-refractivity contribution in [2.45, 2.75) is 64.7 Å². The summed E-state index contributed by atoms with van der Waals surface area (Å²) >= 11 is 11.3. The molecular formula is C19H31ClN2OS. The quantitative estimate of drug-likeness (QED) is 0.340. The number of ether oxygens (including phenoxy) is 1. The monoisotopic (exact) mass is 370 g/mol.